The highest BCUT2D eigenvalue weighted by atomic mass is 32.2. The van der Waals surface area contributed by atoms with Crippen LogP contribution in [0, 0.1) is 0 Å². The number of ether oxygens (including phenoxy) is 1. The van der Waals surface area contributed by atoms with Crippen molar-refractivity contribution in [3.8, 4) is 5.75 Å². The van der Waals surface area contributed by atoms with E-state index in [1.807, 2.05) is 42.7 Å². The summed E-state index contributed by atoms with van der Waals surface area (Å²) in [5, 5.41) is 10.6. The van der Waals surface area contributed by atoms with Crippen molar-refractivity contribution in [2.45, 2.75) is 29.1 Å². The van der Waals surface area contributed by atoms with Gasteiger partial charge < -0.3 is 9.15 Å². The van der Waals surface area contributed by atoms with Crippen LogP contribution < -0.4 is 10.1 Å². The molecule has 6 nitrogen and oxygen atoms in total. The van der Waals surface area contributed by atoms with Gasteiger partial charge in [-0.2, -0.15) is 0 Å². The summed E-state index contributed by atoms with van der Waals surface area (Å²) in [4.78, 5) is 14.4. The molecule has 2 aromatic carbocycles. The second-order valence-electron chi connectivity index (χ2n) is 6.20. The molecule has 0 aliphatic rings. The van der Waals surface area contributed by atoms with Gasteiger partial charge in [-0.25, -0.2) is 0 Å². The molecule has 29 heavy (non-hydrogen) atoms. The van der Waals surface area contributed by atoms with Gasteiger partial charge in [-0.15, -0.1) is 28.6 Å². The van der Waals surface area contributed by atoms with Gasteiger partial charge in [-0.05, 0) is 60.4 Å². The third-order valence-corrected chi connectivity index (χ3v) is 5.95. The molecule has 0 saturated heterocycles. The Morgan fingerprint density at radius 3 is 2.48 bits per heavy atom. The molecule has 0 bridgehead atoms. The summed E-state index contributed by atoms with van der Waals surface area (Å²) < 4.78 is 10.7. The first-order valence-electron chi connectivity index (χ1n) is 9.18. The van der Waals surface area contributed by atoms with Crippen LogP contribution in [0.4, 0.5) is 6.01 Å². The summed E-state index contributed by atoms with van der Waals surface area (Å²) >= 11 is 3.40. The van der Waals surface area contributed by atoms with Crippen molar-refractivity contribution in [1.29, 1.82) is 0 Å². The summed E-state index contributed by atoms with van der Waals surface area (Å²) in [5.41, 5.74) is 1.08. The highest BCUT2D eigenvalue weighted by Crippen LogP contribution is 2.22. The highest BCUT2D eigenvalue weighted by Gasteiger charge is 2.10. The molecule has 1 amide bonds. The van der Waals surface area contributed by atoms with Crippen molar-refractivity contribution in [3.05, 3.63) is 60.0 Å². The van der Waals surface area contributed by atoms with E-state index in [4.69, 9.17) is 9.15 Å². The van der Waals surface area contributed by atoms with E-state index in [-0.39, 0.29) is 11.9 Å². The number of nitrogens with one attached hydrogen (secondary N) is 1. The van der Waals surface area contributed by atoms with Gasteiger partial charge in [0.1, 0.15) is 5.75 Å². The maximum Gasteiger partial charge on any atom is 0.322 e. The highest BCUT2D eigenvalue weighted by molar-refractivity contribution is 7.99. The molecular formula is C21H23N3O3S2. The van der Waals surface area contributed by atoms with Crippen LogP contribution in [0.25, 0.3) is 0 Å². The van der Waals surface area contributed by atoms with Gasteiger partial charge >= 0.3 is 6.01 Å². The zero-order valence-electron chi connectivity index (χ0n) is 16.4. The molecule has 8 heteroatoms. The lowest BCUT2D eigenvalue weighted by Gasteiger charge is -2.03. The van der Waals surface area contributed by atoms with E-state index in [9.17, 15) is 4.79 Å². The van der Waals surface area contributed by atoms with E-state index in [1.165, 1.54) is 4.90 Å². The number of benzene rings is 2. The average molecular weight is 430 g/mol. The van der Waals surface area contributed by atoms with Crippen LogP contribution >= 0.6 is 23.5 Å². The molecule has 1 heterocycles. The maximum absolute atomic E-state index is 12.1. The lowest BCUT2D eigenvalue weighted by atomic mass is 10.1. The molecule has 152 valence electrons. The summed E-state index contributed by atoms with van der Waals surface area (Å²) in [5.74, 6) is 2.04. The smallest absolute Gasteiger partial charge is 0.322 e. The van der Waals surface area contributed by atoms with Gasteiger partial charge in [0.05, 0.1) is 13.5 Å². The van der Waals surface area contributed by atoms with Gasteiger partial charge in [-0.1, -0.05) is 17.2 Å². The Morgan fingerprint density at radius 1 is 1.07 bits per heavy atom. The lowest BCUT2D eigenvalue weighted by molar-refractivity contribution is -0.116. The molecule has 1 aromatic heterocycles. The van der Waals surface area contributed by atoms with Crippen LogP contribution in [0.3, 0.4) is 0 Å². The van der Waals surface area contributed by atoms with E-state index in [0.717, 1.165) is 28.4 Å². The number of hydrogen-bond acceptors (Lipinski definition) is 7. The molecule has 1 N–H and O–H groups in total. The van der Waals surface area contributed by atoms with Crippen molar-refractivity contribution < 1.29 is 13.9 Å². The Kier molecular flexibility index (Phi) is 8.01. The van der Waals surface area contributed by atoms with Crippen LogP contribution in [-0.4, -0.2) is 35.2 Å². The standard InChI is InChI=1S/C21H23N3O3S2/c1-26-16-7-11-18(12-8-16)29-13-3-4-19(25)22-21-24-23-20(27-21)14-15-5-9-17(28-2)10-6-15/h5-12H,3-4,13-14H2,1-2H3,(H,22,24,25). The SMILES string of the molecule is COc1ccc(SCCCC(=O)Nc2nnc(Cc3ccc(SC)cc3)o2)cc1. The number of carbonyl (C=O) groups excluding carboxylic acids is 1. The number of thioether (sulfide) groups is 2. The second-order valence-corrected chi connectivity index (χ2v) is 8.25. The minimum atomic E-state index is -0.125. The second kappa shape index (κ2) is 10.9. The lowest BCUT2D eigenvalue weighted by Crippen LogP contribution is -2.11. The summed E-state index contributed by atoms with van der Waals surface area (Å²) in [6.07, 6.45) is 3.73. The molecule has 0 atom stereocenters. The van der Waals surface area contributed by atoms with E-state index < -0.39 is 0 Å². The molecule has 0 radical (unpaired) electrons. The third kappa shape index (κ3) is 6.83. The fraction of sp³-hybridized carbons (Fsp3) is 0.286. The van der Waals surface area contributed by atoms with Gasteiger partial charge in [0.15, 0.2) is 0 Å². The molecule has 0 unspecified atom stereocenters. The number of rotatable bonds is 10. The molecule has 0 fully saturated rings. The molecular weight excluding hydrogens is 406 g/mol. The number of amides is 1. The number of hydrogen-bond donors (Lipinski definition) is 1. The first-order valence-corrected chi connectivity index (χ1v) is 11.4. The van der Waals surface area contributed by atoms with E-state index in [0.29, 0.717) is 18.7 Å². The Morgan fingerprint density at radius 2 is 1.79 bits per heavy atom. The normalized spacial score (nSPS) is 10.7. The van der Waals surface area contributed by atoms with Gasteiger partial charge in [0, 0.05) is 16.2 Å². The van der Waals surface area contributed by atoms with Gasteiger partial charge in [-0.3, -0.25) is 10.1 Å². The van der Waals surface area contributed by atoms with Crippen LogP contribution in [0.15, 0.2) is 62.7 Å². The molecule has 3 rings (SSSR count). The van der Waals surface area contributed by atoms with Crippen LogP contribution in [-0.2, 0) is 11.2 Å². The average Bonchev–Trinajstić information content (AvgIpc) is 3.18. The van der Waals surface area contributed by atoms with Crippen molar-refractivity contribution >= 4 is 35.4 Å². The summed E-state index contributed by atoms with van der Waals surface area (Å²) in [6, 6.07) is 16.2. The Bertz CT molecular complexity index is 912. The van der Waals surface area contributed by atoms with Crippen LogP contribution in [0.1, 0.15) is 24.3 Å². The van der Waals surface area contributed by atoms with Crippen molar-refractivity contribution in [2.75, 3.05) is 24.4 Å². The molecule has 0 spiro atoms. The topological polar surface area (TPSA) is 77.2 Å². The number of methoxy groups -OCH3 is 1. The van der Waals surface area contributed by atoms with Crippen LogP contribution in [0.2, 0.25) is 0 Å². The number of aromatic nitrogens is 2. The fourth-order valence-electron chi connectivity index (χ4n) is 2.57. The fourth-order valence-corrected chi connectivity index (χ4v) is 3.83. The molecule has 3 aromatic rings. The van der Waals surface area contributed by atoms with Crippen LogP contribution in [0.5, 0.6) is 5.75 Å². The van der Waals surface area contributed by atoms with Gasteiger partial charge in [0.2, 0.25) is 11.8 Å². The predicted molar refractivity (Wildman–Crippen MR) is 117 cm³/mol. The monoisotopic (exact) mass is 429 g/mol. The first kappa shape index (κ1) is 21.3. The zero-order chi connectivity index (χ0) is 20.5. The van der Waals surface area contributed by atoms with Crippen molar-refractivity contribution in [3.63, 3.8) is 0 Å². The number of nitrogens with zero attached hydrogens (tertiary/aromatic N) is 2. The molecule has 0 saturated carbocycles. The quantitative estimate of drug-likeness (QED) is 0.363. The number of anilines is 1. The van der Waals surface area contributed by atoms with Crippen molar-refractivity contribution in [1.82, 2.24) is 10.2 Å². The maximum atomic E-state index is 12.1. The first-order chi connectivity index (χ1) is 14.2. The molecule has 0 aliphatic heterocycles. The Balaban J connectivity index is 1.38. The Labute approximate surface area is 178 Å². The largest absolute Gasteiger partial charge is 0.497 e. The predicted octanol–water partition coefficient (Wildman–Crippen LogP) is 4.90. The van der Waals surface area contributed by atoms with E-state index in [2.05, 4.69) is 27.6 Å². The molecule has 0 aliphatic carbocycles. The van der Waals surface area contributed by atoms with Gasteiger partial charge in [0.25, 0.3) is 0 Å². The minimum absolute atomic E-state index is 0.125. The Hall–Kier alpha value is -2.45. The van der Waals surface area contributed by atoms with E-state index >= 15 is 0 Å². The third-order valence-electron chi connectivity index (χ3n) is 4.10. The van der Waals surface area contributed by atoms with Crippen molar-refractivity contribution in [2.24, 2.45) is 0 Å². The summed E-state index contributed by atoms with van der Waals surface area (Å²) in [7, 11) is 1.65. The summed E-state index contributed by atoms with van der Waals surface area (Å²) in [6.45, 7) is 0. The minimum Gasteiger partial charge on any atom is -0.497 e. The van der Waals surface area contributed by atoms with E-state index in [1.54, 1.807) is 30.6 Å². The number of carbonyl (C=O) groups is 1. The zero-order valence-corrected chi connectivity index (χ0v) is 18.0.